The molecule has 6 heteroatoms. The molecule has 1 saturated heterocycles. The maximum Gasteiger partial charge on any atom is 0.494 e. The van der Waals surface area contributed by atoms with Gasteiger partial charge in [0.2, 0.25) is 0 Å². The van der Waals surface area contributed by atoms with Gasteiger partial charge >= 0.3 is 12.8 Å². The summed E-state index contributed by atoms with van der Waals surface area (Å²) in [5.41, 5.74) is 1.83. The van der Waals surface area contributed by atoms with E-state index in [1.165, 1.54) is 0 Å². The zero-order valence-electron chi connectivity index (χ0n) is 13.2. The number of nitrogens with one attached hydrogen (secondary N) is 1. The van der Waals surface area contributed by atoms with E-state index in [9.17, 15) is 4.79 Å². The van der Waals surface area contributed by atoms with Crippen molar-refractivity contribution in [1.29, 1.82) is 0 Å². The molecule has 0 bridgehead atoms. The lowest BCUT2D eigenvalue weighted by atomic mass is 9.79. The Bertz CT molecular complexity index is 729. The topological polar surface area (TPSA) is 56.2 Å². The van der Waals surface area contributed by atoms with Crippen molar-refractivity contribution < 1.29 is 9.31 Å². The second-order valence-electron chi connectivity index (χ2n) is 6.54. The molecule has 2 heterocycles. The average Bonchev–Trinajstić information content (AvgIpc) is 2.81. The van der Waals surface area contributed by atoms with Crippen molar-refractivity contribution in [2.24, 2.45) is 0 Å². The highest BCUT2D eigenvalue weighted by Crippen LogP contribution is 2.36. The Morgan fingerprint density at radius 2 is 1.81 bits per heavy atom. The zero-order valence-corrected chi connectivity index (χ0v) is 13.2. The van der Waals surface area contributed by atoms with Crippen molar-refractivity contribution in [3.05, 3.63) is 28.7 Å². The number of fused-ring (bicyclic) bond motifs is 1. The highest BCUT2D eigenvalue weighted by atomic mass is 16.7. The minimum atomic E-state index is -0.409. The first-order valence-corrected chi connectivity index (χ1v) is 7.33. The number of rotatable bonds is 2. The monoisotopic (exact) mass is 288 g/mol. The van der Waals surface area contributed by atoms with Gasteiger partial charge in [0.25, 0.3) is 0 Å². The quantitative estimate of drug-likeness (QED) is 0.855. The molecule has 0 radical (unpaired) electrons. The summed E-state index contributed by atoms with van der Waals surface area (Å²) >= 11 is 0. The number of aromatic amines is 1. The lowest BCUT2D eigenvalue weighted by Crippen LogP contribution is -2.41. The van der Waals surface area contributed by atoms with Crippen LogP contribution in [0.3, 0.4) is 0 Å². The largest absolute Gasteiger partial charge is 0.494 e. The van der Waals surface area contributed by atoms with Crippen LogP contribution in [0.15, 0.2) is 23.0 Å². The third-order valence-electron chi connectivity index (χ3n) is 4.64. The number of imidazole rings is 1. The van der Waals surface area contributed by atoms with E-state index in [4.69, 9.17) is 9.31 Å². The van der Waals surface area contributed by atoms with E-state index < -0.39 is 7.12 Å². The molecular weight excluding hydrogens is 267 g/mol. The molecule has 0 unspecified atom stereocenters. The summed E-state index contributed by atoms with van der Waals surface area (Å²) in [5, 5.41) is 0. The van der Waals surface area contributed by atoms with Gasteiger partial charge in [-0.15, -0.1) is 0 Å². The molecule has 1 N–H and O–H groups in total. The van der Waals surface area contributed by atoms with Gasteiger partial charge in [-0.2, -0.15) is 0 Å². The fourth-order valence-electron chi connectivity index (χ4n) is 2.62. The first-order chi connectivity index (χ1) is 9.75. The Kier molecular flexibility index (Phi) is 3.08. The minimum absolute atomic E-state index is 0.0847. The first-order valence-electron chi connectivity index (χ1n) is 7.33. The number of H-pyrrole nitrogens is 1. The molecule has 0 amide bonds. The van der Waals surface area contributed by atoms with Gasteiger partial charge in [-0.05, 0) is 52.2 Å². The van der Waals surface area contributed by atoms with Gasteiger partial charge in [0.1, 0.15) is 0 Å². The Balaban J connectivity index is 2.02. The SMILES string of the molecule is CCn1c(=O)[nH]c2cc(B3OC(C)(C)C(C)(C)O3)ccc21. The highest BCUT2D eigenvalue weighted by Gasteiger charge is 2.51. The van der Waals surface area contributed by atoms with Crippen LogP contribution in [0.25, 0.3) is 11.0 Å². The molecule has 3 rings (SSSR count). The van der Waals surface area contributed by atoms with Gasteiger partial charge in [0.15, 0.2) is 0 Å². The molecule has 1 aromatic carbocycles. The van der Waals surface area contributed by atoms with Gasteiger partial charge in [0.05, 0.1) is 22.2 Å². The maximum absolute atomic E-state index is 11.9. The van der Waals surface area contributed by atoms with Crippen molar-refractivity contribution in [2.45, 2.75) is 52.4 Å². The van der Waals surface area contributed by atoms with E-state index in [-0.39, 0.29) is 16.9 Å². The molecule has 0 atom stereocenters. The number of aryl methyl sites for hydroxylation is 1. The predicted octanol–water partition coefficient (Wildman–Crippen LogP) is 1.65. The van der Waals surface area contributed by atoms with Gasteiger partial charge in [0, 0.05) is 6.54 Å². The van der Waals surface area contributed by atoms with E-state index in [0.717, 1.165) is 16.5 Å². The summed E-state index contributed by atoms with van der Waals surface area (Å²) in [6.45, 7) is 10.7. The molecule has 1 aromatic heterocycles. The predicted molar refractivity (Wildman–Crippen MR) is 83.9 cm³/mol. The highest BCUT2D eigenvalue weighted by molar-refractivity contribution is 6.62. The Morgan fingerprint density at radius 1 is 1.19 bits per heavy atom. The smallest absolute Gasteiger partial charge is 0.399 e. The summed E-state index contributed by atoms with van der Waals surface area (Å²) in [6, 6.07) is 5.84. The van der Waals surface area contributed by atoms with Gasteiger partial charge in [-0.1, -0.05) is 6.07 Å². The number of nitrogens with zero attached hydrogens (tertiary/aromatic N) is 1. The molecule has 1 aliphatic heterocycles. The Labute approximate surface area is 124 Å². The normalized spacial score (nSPS) is 20.3. The van der Waals surface area contributed by atoms with Crippen molar-refractivity contribution >= 4 is 23.6 Å². The summed E-state index contributed by atoms with van der Waals surface area (Å²) in [5.74, 6) is 0. The van der Waals surface area contributed by atoms with Crippen LogP contribution in [0.5, 0.6) is 0 Å². The number of aromatic nitrogens is 2. The number of benzene rings is 1. The van der Waals surface area contributed by atoms with E-state index in [2.05, 4.69) is 4.98 Å². The van der Waals surface area contributed by atoms with Crippen LogP contribution in [0.2, 0.25) is 0 Å². The first kappa shape index (κ1) is 14.4. The summed E-state index contributed by atoms with van der Waals surface area (Å²) < 4.78 is 13.8. The van der Waals surface area contributed by atoms with Gasteiger partial charge < -0.3 is 14.3 Å². The van der Waals surface area contributed by atoms with Crippen LogP contribution >= 0.6 is 0 Å². The molecule has 1 aliphatic rings. The van der Waals surface area contributed by atoms with Crippen molar-refractivity contribution in [3.8, 4) is 0 Å². The van der Waals surface area contributed by atoms with Crippen LogP contribution in [-0.2, 0) is 15.9 Å². The molecule has 0 spiro atoms. The summed E-state index contributed by atoms with van der Waals surface area (Å²) in [6.07, 6.45) is 0. The van der Waals surface area contributed by atoms with E-state index in [1.807, 2.05) is 52.8 Å². The Hall–Kier alpha value is -1.53. The molecule has 5 nitrogen and oxygen atoms in total. The maximum atomic E-state index is 11.9. The van der Waals surface area contributed by atoms with Crippen molar-refractivity contribution in [3.63, 3.8) is 0 Å². The molecule has 0 saturated carbocycles. The standard InChI is InChI=1S/C15H21BN2O3/c1-6-18-12-8-7-10(9-11(12)17-13(18)19)16-20-14(2,3)15(4,5)21-16/h7-9H,6H2,1-5H3,(H,17,19). The third-order valence-corrected chi connectivity index (χ3v) is 4.64. The average molecular weight is 288 g/mol. The van der Waals surface area contributed by atoms with Crippen LogP contribution in [0.4, 0.5) is 0 Å². The minimum Gasteiger partial charge on any atom is -0.399 e. The summed E-state index contributed by atoms with van der Waals surface area (Å²) in [4.78, 5) is 14.7. The third kappa shape index (κ3) is 2.13. The van der Waals surface area contributed by atoms with E-state index in [0.29, 0.717) is 6.54 Å². The molecule has 2 aromatic rings. The van der Waals surface area contributed by atoms with Crippen LogP contribution in [0.1, 0.15) is 34.6 Å². The molecule has 1 fully saturated rings. The lowest BCUT2D eigenvalue weighted by molar-refractivity contribution is 0.00578. The van der Waals surface area contributed by atoms with Gasteiger partial charge in [-0.25, -0.2) is 4.79 Å². The van der Waals surface area contributed by atoms with Crippen LogP contribution < -0.4 is 11.2 Å². The fraction of sp³-hybridized carbons (Fsp3) is 0.533. The zero-order chi connectivity index (χ0) is 15.4. The fourth-order valence-corrected chi connectivity index (χ4v) is 2.62. The Morgan fingerprint density at radius 3 is 2.38 bits per heavy atom. The second-order valence-corrected chi connectivity index (χ2v) is 6.54. The molecule has 112 valence electrons. The van der Waals surface area contributed by atoms with Crippen molar-refractivity contribution in [1.82, 2.24) is 9.55 Å². The second kappa shape index (κ2) is 4.48. The molecule has 21 heavy (non-hydrogen) atoms. The molecule has 0 aliphatic carbocycles. The van der Waals surface area contributed by atoms with Gasteiger partial charge in [-0.3, -0.25) is 4.57 Å². The summed E-state index contributed by atoms with van der Waals surface area (Å²) in [7, 11) is -0.409. The van der Waals surface area contributed by atoms with Crippen LogP contribution in [-0.4, -0.2) is 27.9 Å². The molecular formula is C15H21BN2O3. The van der Waals surface area contributed by atoms with E-state index >= 15 is 0 Å². The van der Waals surface area contributed by atoms with Crippen molar-refractivity contribution in [2.75, 3.05) is 0 Å². The van der Waals surface area contributed by atoms with E-state index in [1.54, 1.807) is 4.57 Å². The lowest BCUT2D eigenvalue weighted by Gasteiger charge is -2.32. The number of hydrogen-bond donors (Lipinski definition) is 1. The number of hydrogen-bond acceptors (Lipinski definition) is 3. The van der Waals surface area contributed by atoms with Crippen LogP contribution in [0, 0.1) is 0 Å².